The van der Waals surface area contributed by atoms with E-state index in [1.807, 2.05) is 5.32 Å². The third-order valence-electron chi connectivity index (χ3n) is 4.10. The molecule has 8 nitrogen and oxygen atoms in total. The molecule has 30 heavy (non-hydrogen) atoms. The van der Waals surface area contributed by atoms with Crippen molar-refractivity contribution in [3.8, 4) is 0 Å². The van der Waals surface area contributed by atoms with Gasteiger partial charge in [-0.05, 0) is 12.3 Å². The zero-order valence-corrected chi connectivity index (χ0v) is 16.3. The van der Waals surface area contributed by atoms with Crippen molar-refractivity contribution in [1.82, 2.24) is 10.4 Å². The number of carbonyl (C=O) groups excluding carboxylic acids is 4. The minimum atomic E-state index is -4.89. The maximum atomic E-state index is 13.4. The van der Waals surface area contributed by atoms with Crippen LogP contribution in [0.1, 0.15) is 44.8 Å². The number of ether oxygens (including phenoxy) is 1. The van der Waals surface area contributed by atoms with Crippen LogP contribution in [0, 0.1) is 5.92 Å². The van der Waals surface area contributed by atoms with E-state index in [1.165, 1.54) is 18.2 Å². The Morgan fingerprint density at radius 3 is 2.17 bits per heavy atom. The first-order valence-corrected chi connectivity index (χ1v) is 9.15. The summed E-state index contributed by atoms with van der Waals surface area (Å²) in [4.78, 5) is 52.4. The third-order valence-corrected chi connectivity index (χ3v) is 4.10. The molecule has 1 fully saturated rings. The molecule has 1 aromatic rings. The van der Waals surface area contributed by atoms with Gasteiger partial charge in [0, 0.05) is 18.4 Å². The van der Waals surface area contributed by atoms with Crippen molar-refractivity contribution in [3.05, 3.63) is 35.9 Å². The highest BCUT2D eigenvalue weighted by atomic mass is 19.4. The molecule has 164 valence electrons. The van der Waals surface area contributed by atoms with Crippen LogP contribution in [0.5, 0.6) is 0 Å². The number of nitrogens with one attached hydrogen (secondary N) is 1. The summed E-state index contributed by atoms with van der Waals surface area (Å²) in [6.07, 6.45) is -9.20. The van der Waals surface area contributed by atoms with Crippen LogP contribution in [0.2, 0.25) is 0 Å². The molecule has 1 aliphatic heterocycles. The molecular weight excluding hydrogens is 409 g/mol. The van der Waals surface area contributed by atoms with Crippen molar-refractivity contribution in [1.29, 1.82) is 0 Å². The summed E-state index contributed by atoms with van der Waals surface area (Å²) in [7, 11) is 0. The molecule has 2 rings (SSSR count). The van der Waals surface area contributed by atoms with Crippen LogP contribution in [-0.2, 0) is 24.0 Å². The number of benzene rings is 1. The van der Waals surface area contributed by atoms with Crippen molar-refractivity contribution in [2.24, 2.45) is 5.92 Å². The summed E-state index contributed by atoms with van der Waals surface area (Å²) in [5, 5.41) is 2.34. The minimum Gasteiger partial charge on any atom is -0.432 e. The highest BCUT2D eigenvalue weighted by molar-refractivity contribution is 6.01. The number of amides is 3. The number of hydrogen-bond donors (Lipinski definition) is 1. The molecule has 1 heterocycles. The van der Waals surface area contributed by atoms with Crippen molar-refractivity contribution in [3.63, 3.8) is 0 Å². The lowest BCUT2D eigenvalue weighted by Crippen LogP contribution is -2.47. The zero-order chi connectivity index (χ0) is 22.5. The first-order chi connectivity index (χ1) is 14.0. The quantitative estimate of drug-likeness (QED) is 0.668. The van der Waals surface area contributed by atoms with Crippen molar-refractivity contribution >= 4 is 23.9 Å². The fourth-order valence-corrected chi connectivity index (χ4v) is 2.73. The molecule has 2 atom stereocenters. The fourth-order valence-electron chi connectivity index (χ4n) is 2.73. The number of alkyl carbamates (subject to hydrolysis) is 1. The molecule has 3 amide bonds. The van der Waals surface area contributed by atoms with E-state index in [0.717, 1.165) is 12.1 Å². The number of alkyl halides is 3. The second kappa shape index (κ2) is 9.59. The maximum absolute atomic E-state index is 13.4. The summed E-state index contributed by atoms with van der Waals surface area (Å²) >= 11 is 0. The van der Waals surface area contributed by atoms with E-state index in [9.17, 15) is 32.3 Å². The van der Waals surface area contributed by atoms with E-state index in [4.69, 9.17) is 4.84 Å². The predicted molar refractivity (Wildman–Crippen MR) is 95.3 cm³/mol. The molecule has 1 aromatic carbocycles. The van der Waals surface area contributed by atoms with Gasteiger partial charge in [0.1, 0.15) is 6.04 Å². The Hall–Kier alpha value is -3.11. The molecule has 0 saturated carbocycles. The SMILES string of the molecule is CC(C)C[C@H](NC(=O)OC(c1ccccc1)C(F)(F)F)C(=O)ON1C(=O)CCC1=O. The molecule has 0 radical (unpaired) electrons. The molecule has 0 spiro atoms. The van der Waals surface area contributed by atoms with E-state index >= 15 is 0 Å². The summed E-state index contributed by atoms with van der Waals surface area (Å²) in [6, 6.07) is 5.10. The van der Waals surface area contributed by atoms with E-state index in [0.29, 0.717) is 5.06 Å². The number of hydrogen-bond acceptors (Lipinski definition) is 6. The van der Waals surface area contributed by atoms with Crippen molar-refractivity contribution in [2.75, 3.05) is 0 Å². The van der Waals surface area contributed by atoms with Crippen LogP contribution in [0.15, 0.2) is 30.3 Å². The number of halogens is 3. The summed E-state index contributed by atoms with van der Waals surface area (Å²) in [6.45, 7) is 3.39. The summed E-state index contributed by atoms with van der Waals surface area (Å²) < 4.78 is 44.6. The second-order valence-corrected chi connectivity index (χ2v) is 7.06. The van der Waals surface area contributed by atoms with Crippen LogP contribution in [-0.4, -0.2) is 41.2 Å². The average molecular weight is 430 g/mol. The molecule has 11 heteroatoms. The molecular formula is C19H21F3N2O6. The van der Waals surface area contributed by atoms with Gasteiger partial charge in [-0.15, -0.1) is 5.06 Å². The van der Waals surface area contributed by atoms with Gasteiger partial charge in [0.15, 0.2) is 0 Å². The Kier molecular flexibility index (Phi) is 7.41. The highest BCUT2D eigenvalue weighted by Gasteiger charge is 2.44. The van der Waals surface area contributed by atoms with Crippen LogP contribution >= 0.6 is 0 Å². The topological polar surface area (TPSA) is 102 Å². The smallest absolute Gasteiger partial charge is 0.429 e. The molecule has 0 aliphatic carbocycles. The molecule has 0 bridgehead atoms. The number of imide groups is 1. The monoisotopic (exact) mass is 430 g/mol. The van der Waals surface area contributed by atoms with E-state index in [-0.39, 0.29) is 30.7 Å². The van der Waals surface area contributed by atoms with Gasteiger partial charge in [-0.25, -0.2) is 9.59 Å². The summed E-state index contributed by atoms with van der Waals surface area (Å²) in [5.41, 5.74) is -0.295. The number of rotatable bonds is 7. The lowest BCUT2D eigenvalue weighted by atomic mass is 10.0. The Labute approximate surface area is 170 Å². The largest absolute Gasteiger partial charge is 0.432 e. The Balaban J connectivity index is 2.10. The zero-order valence-electron chi connectivity index (χ0n) is 16.3. The van der Waals surface area contributed by atoms with E-state index in [2.05, 4.69) is 4.74 Å². The number of nitrogens with zero attached hydrogens (tertiary/aromatic N) is 1. The number of carbonyl (C=O) groups is 4. The molecule has 1 N–H and O–H groups in total. The molecule has 1 saturated heterocycles. The van der Waals surface area contributed by atoms with Gasteiger partial charge in [0.05, 0.1) is 0 Å². The van der Waals surface area contributed by atoms with Gasteiger partial charge in [0.25, 0.3) is 11.8 Å². The van der Waals surface area contributed by atoms with E-state index in [1.54, 1.807) is 13.8 Å². The maximum Gasteiger partial charge on any atom is 0.429 e. The van der Waals surface area contributed by atoms with Crippen molar-refractivity contribution in [2.45, 2.75) is 51.4 Å². The first kappa shape index (κ1) is 23.2. The summed E-state index contributed by atoms with van der Waals surface area (Å²) in [5.74, 6) is -2.78. The van der Waals surface area contributed by atoms with Crippen LogP contribution in [0.3, 0.4) is 0 Å². The third kappa shape index (κ3) is 6.19. The van der Waals surface area contributed by atoms with Gasteiger partial charge < -0.3 is 14.9 Å². The standard InChI is InChI=1S/C19H21F3N2O6/c1-11(2)10-13(17(27)30-24-14(25)8-9-15(24)26)23-18(28)29-16(19(20,21)22)12-6-4-3-5-7-12/h3-7,11,13,16H,8-10H2,1-2H3,(H,23,28)/t13-,16?/m0/s1. The average Bonchev–Trinajstić information content (AvgIpc) is 2.97. The van der Waals surface area contributed by atoms with Crippen LogP contribution in [0.4, 0.5) is 18.0 Å². The van der Waals surface area contributed by atoms with Crippen molar-refractivity contribution < 1.29 is 41.9 Å². The van der Waals surface area contributed by atoms with Gasteiger partial charge in [-0.2, -0.15) is 13.2 Å². The molecule has 0 aromatic heterocycles. The normalized spacial score (nSPS) is 16.4. The van der Waals surface area contributed by atoms with Gasteiger partial charge >= 0.3 is 18.2 Å². The number of hydroxylamine groups is 2. The lowest BCUT2D eigenvalue weighted by Gasteiger charge is -2.24. The van der Waals surface area contributed by atoms with Gasteiger partial charge in [0.2, 0.25) is 6.10 Å². The Morgan fingerprint density at radius 1 is 1.10 bits per heavy atom. The lowest BCUT2D eigenvalue weighted by molar-refractivity contribution is -0.207. The highest BCUT2D eigenvalue weighted by Crippen LogP contribution is 2.35. The van der Waals surface area contributed by atoms with Gasteiger partial charge in [-0.3, -0.25) is 9.59 Å². The molecule has 1 aliphatic rings. The van der Waals surface area contributed by atoms with Crippen LogP contribution in [0.25, 0.3) is 0 Å². The first-order valence-electron chi connectivity index (χ1n) is 9.15. The minimum absolute atomic E-state index is 0.0217. The Morgan fingerprint density at radius 2 is 1.67 bits per heavy atom. The van der Waals surface area contributed by atoms with E-state index < -0.39 is 42.2 Å². The van der Waals surface area contributed by atoms with Gasteiger partial charge in [-0.1, -0.05) is 44.2 Å². The fraction of sp³-hybridized carbons (Fsp3) is 0.474. The predicted octanol–water partition coefficient (Wildman–Crippen LogP) is 3.04. The van der Waals surface area contributed by atoms with Crippen LogP contribution < -0.4 is 5.32 Å². The molecule has 1 unspecified atom stereocenters. The Bertz CT molecular complexity index is 781. The second-order valence-electron chi connectivity index (χ2n) is 7.06.